The Labute approximate surface area is 306 Å². The molecule has 4 saturated carbocycles. The first-order chi connectivity index (χ1) is 24.0. The lowest BCUT2D eigenvalue weighted by Gasteiger charge is -2.72. The molecule has 1 aromatic carbocycles. The van der Waals surface area contributed by atoms with Crippen molar-refractivity contribution < 1.29 is 27.9 Å². The molecule has 51 heavy (non-hydrogen) atoms. The van der Waals surface area contributed by atoms with Crippen LogP contribution in [0.2, 0.25) is 0 Å². The molecule has 6 aliphatic rings. The van der Waals surface area contributed by atoms with Crippen LogP contribution in [0.5, 0.6) is 0 Å². The van der Waals surface area contributed by atoms with Crippen molar-refractivity contribution >= 4 is 27.3 Å². The largest absolute Gasteiger partial charge is 0.481 e. The summed E-state index contributed by atoms with van der Waals surface area (Å²) in [5, 5.41) is 14.2. The number of carbonyl (C=O) groups excluding carboxylic acids is 1. The fraction of sp³-hybridized carbons (Fsp3) is 0.762. The van der Waals surface area contributed by atoms with Gasteiger partial charge in [-0.2, -0.15) is 0 Å². The summed E-state index contributed by atoms with van der Waals surface area (Å²) in [6.07, 6.45) is 12.9. The van der Waals surface area contributed by atoms with Crippen molar-refractivity contribution in [2.45, 2.75) is 104 Å². The van der Waals surface area contributed by atoms with Crippen LogP contribution in [0.3, 0.4) is 0 Å². The minimum absolute atomic E-state index is 0.0128. The first-order valence-electron chi connectivity index (χ1n) is 19.8. The minimum Gasteiger partial charge on any atom is -0.481 e. The minimum atomic E-state index is -2.91. The summed E-state index contributed by atoms with van der Waals surface area (Å²) >= 11 is 0. The smallest absolute Gasteiger partial charge is 0.337 e. The molecule has 282 valence electrons. The Balaban J connectivity index is 1.14. The maximum Gasteiger partial charge on any atom is 0.337 e. The second-order valence-corrected chi connectivity index (χ2v) is 21.1. The highest BCUT2D eigenvalue weighted by molar-refractivity contribution is 7.91. The fourth-order valence-electron chi connectivity index (χ4n) is 13.9. The number of esters is 1. The molecule has 1 heterocycles. The zero-order valence-electron chi connectivity index (χ0n) is 31.9. The van der Waals surface area contributed by atoms with Gasteiger partial charge in [-0.25, -0.2) is 13.2 Å². The lowest BCUT2D eigenvalue weighted by molar-refractivity contribution is -0.220. The lowest BCUT2D eigenvalue weighted by Crippen LogP contribution is -2.68. The van der Waals surface area contributed by atoms with Crippen molar-refractivity contribution in [2.24, 2.45) is 51.2 Å². The Morgan fingerprint density at radius 2 is 1.61 bits per heavy atom. The van der Waals surface area contributed by atoms with Crippen molar-refractivity contribution in [2.75, 3.05) is 44.8 Å². The van der Waals surface area contributed by atoms with E-state index in [1.54, 1.807) is 0 Å². The van der Waals surface area contributed by atoms with Crippen LogP contribution >= 0.6 is 0 Å². The molecule has 9 atom stereocenters. The van der Waals surface area contributed by atoms with Crippen LogP contribution in [0.4, 0.5) is 0 Å². The van der Waals surface area contributed by atoms with Gasteiger partial charge < -0.3 is 20.1 Å². The van der Waals surface area contributed by atoms with Crippen molar-refractivity contribution in [3.8, 4) is 0 Å². The van der Waals surface area contributed by atoms with Crippen LogP contribution in [0, 0.1) is 51.2 Å². The molecule has 2 N–H and O–H groups in total. The van der Waals surface area contributed by atoms with Crippen molar-refractivity contribution in [1.82, 2.24) is 10.2 Å². The van der Waals surface area contributed by atoms with Crippen LogP contribution in [0.1, 0.15) is 115 Å². The average Bonchev–Trinajstić information content (AvgIpc) is 3.42. The lowest BCUT2D eigenvalue weighted by atomic mass is 9.33. The predicted molar refractivity (Wildman–Crippen MR) is 201 cm³/mol. The van der Waals surface area contributed by atoms with Gasteiger partial charge in [0, 0.05) is 38.1 Å². The Hall–Kier alpha value is -2.23. The van der Waals surface area contributed by atoms with Gasteiger partial charge in [0.2, 0.25) is 0 Å². The molecular weight excluding hydrogens is 661 g/mol. The molecule has 0 bridgehead atoms. The number of sulfone groups is 1. The van der Waals surface area contributed by atoms with E-state index in [1.807, 2.05) is 12.1 Å². The number of fused-ring (bicyclic) bond motifs is 7. The molecule has 8 nitrogen and oxygen atoms in total. The van der Waals surface area contributed by atoms with Gasteiger partial charge in [0.1, 0.15) is 0 Å². The number of carbonyl (C=O) groups is 2. The van der Waals surface area contributed by atoms with Crippen LogP contribution in [0.25, 0.3) is 5.57 Å². The Morgan fingerprint density at radius 1 is 0.902 bits per heavy atom. The van der Waals surface area contributed by atoms with Gasteiger partial charge in [0.15, 0.2) is 9.84 Å². The molecule has 1 saturated heterocycles. The molecule has 5 aliphatic carbocycles. The van der Waals surface area contributed by atoms with E-state index in [2.05, 4.69) is 63.0 Å². The third-order valence-corrected chi connectivity index (χ3v) is 18.2. The summed E-state index contributed by atoms with van der Waals surface area (Å²) in [7, 11) is -1.48. The Morgan fingerprint density at radius 3 is 2.27 bits per heavy atom. The maximum absolute atomic E-state index is 12.3. The van der Waals surface area contributed by atoms with Crippen molar-refractivity contribution in [3.63, 3.8) is 0 Å². The van der Waals surface area contributed by atoms with Crippen LogP contribution in [0.15, 0.2) is 30.3 Å². The third-order valence-electron chi connectivity index (χ3n) is 16.5. The zero-order chi connectivity index (χ0) is 36.6. The summed E-state index contributed by atoms with van der Waals surface area (Å²) in [4.78, 5) is 26.7. The second-order valence-electron chi connectivity index (χ2n) is 18.8. The first-order valence-corrected chi connectivity index (χ1v) is 21.6. The van der Waals surface area contributed by atoms with Gasteiger partial charge in [-0.15, -0.1) is 0 Å². The number of rotatable bonds is 8. The highest BCUT2D eigenvalue weighted by Gasteiger charge is 2.70. The number of methoxy groups -OCH3 is 1. The molecule has 1 aliphatic heterocycles. The molecular formula is C42H62N2O6S. The number of aliphatic carboxylic acids is 1. The molecule has 0 aromatic heterocycles. The summed E-state index contributed by atoms with van der Waals surface area (Å²) in [6.45, 7) is 15.6. The van der Waals surface area contributed by atoms with Gasteiger partial charge in [-0.1, -0.05) is 52.8 Å². The molecule has 9 heteroatoms. The van der Waals surface area contributed by atoms with Crippen LogP contribution < -0.4 is 5.32 Å². The number of nitrogens with zero attached hydrogens (tertiary/aromatic N) is 1. The van der Waals surface area contributed by atoms with E-state index in [1.165, 1.54) is 50.4 Å². The summed E-state index contributed by atoms with van der Waals surface area (Å²) in [5.74, 6) is 1.69. The summed E-state index contributed by atoms with van der Waals surface area (Å²) < 4.78 is 29.0. The van der Waals surface area contributed by atoms with Crippen molar-refractivity contribution in [3.05, 3.63) is 41.5 Å². The molecule has 0 radical (unpaired) electrons. The van der Waals surface area contributed by atoms with Crippen LogP contribution in [-0.2, 0) is 19.4 Å². The Bertz CT molecular complexity index is 1660. The van der Waals surface area contributed by atoms with E-state index >= 15 is 0 Å². The van der Waals surface area contributed by atoms with E-state index in [0.29, 0.717) is 42.3 Å². The second kappa shape index (κ2) is 13.0. The Kier molecular flexibility index (Phi) is 9.43. The topological polar surface area (TPSA) is 113 Å². The van der Waals surface area contributed by atoms with Gasteiger partial charge in [0.25, 0.3) is 0 Å². The first kappa shape index (κ1) is 37.1. The number of carboxylic acids is 1. The van der Waals surface area contributed by atoms with Gasteiger partial charge in [0.05, 0.1) is 24.2 Å². The molecule has 5 fully saturated rings. The van der Waals surface area contributed by atoms with Gasteiger partial charge >= 0.3 is 11.9 Å². The number of allylic oxidation sites excluding steroid dienone is 2. The summed E-state index contributed by atoms with van der Waals surface area (Å²) in [6, 6.07) is 7.97. The number of benzene rings is 1. The number of hydrogen-bond acceptors (Lipinski definition) is 7. The monoisotopic (exact) mass is 722 g/mol. The number of ether oxygens (including phenoxy) is 1. The standard InChI is InChI=1S/C42H62N2O6S/c1-38(2)31(28-7-9-29(10-8-28)37(47)50-6)14-16-39(3)33(38)15-17-41(5)34(39)12-11-32-36-30(27-35(45)46)13-18-42(36,20-19-40(32,41)4)43-21-22-44-23-25-51(48,49)26-24-44/h7-10,14,30,32-34,36,43H,11-13,15-27H2,1-6H3,(H,45,46)/t30-,32+,33-,34+,36+,39-,40+,41+,42-/m0/s1. The molecule has 1 aromatic rings. The quantitative estimate of drug-likeness (QED) is 0.274. The highest BCUT2D eigenvalue weighted by atomic mass is 32.2. The van der Waals surface area contributed by atoms with Crippen LogP contribution in [-0.4, -0.2) is 80.7 Å². The third kappa shape index (κ3) is 5.94. The zero-order valence-corrected chi connectivity index (χ0v) is 32.7. The van der Waals surface area contributed by atoms with E-state index in [0.717, 1.165) is 38.8 Å². The fourth-order valence-corrected chi connectivity index (χ4v) is 15.2. The van der Waals surface area contributed by atoms with E-state index < -0.39 is 15.8 Å². The average molecular weight is 723 g/mol. The number of carboxylic acid groups (broad SMARTS) is 1. The SMILES string of the molecule is COC(=O)c1ccc(C2=CC[C@]3(C)[C@H]4CC[C@@H]5[C@H]6[C@H](CC(=O)O)CC[C@]6(NCCN6CCS(=O)(=O)CC6)CC[C@@]5(C)[C@]4(C)CC[C@H]3C2(C)C)cc1. The highest BCUT2D eigenvalue weighted by Crippen LogP contribution is 2.76. The maximum atomic E-state index is 12.3. The summed E-state index contributed by atoms with van der Waals surface area (Å²) in [5.41, 5.74) is 3.61. The molecule has 0 spiro atoms. The molecule has 0 unspecified atom stereocenters. The van der Waals surface area contributed by atoms with E-state index in [9.17, 15) is 23.1 Å². The van der Waals surface area contributed by atoms with Crippen molar-refractivity contribution in [1.29, 1.82) is 0 Å². The molecule has 7 rings (SSSR count). The van der Waals surface area contributed by atoms with E-state index in [-0.39, 0.29) is 57.0 Å². The predicted octanol–water partition coefficient (Wildman–Crippen LogP) is 7.10. The van der Waals surface area contributed by atoms with Gasteiger partial charge in [-0.05, 0) is 132 Å². The normalized spacial score (nSPS) is 41.3. The number of hydrogen-bond donors (Lipinski definition) is 2. The van der Waals surface area contributed by atoms with E-state index in [4.69, 9.17) is 4.74 Å². The number of nitrogens with one attached hydrogen (secondary N) is 1. The van der Waals surface area contributed by atoms with Gasteiger partial charge in [-0.3, -0.25) is 4.79 Å². The molecule has 0 amide bonds.